The fraction of sp³-hybridized carbons (Fsp3) is 0.212. The molecule has 0 aliphatic carbocycles. The Morgan fingerprint density at radius 2 is 1.55 bits per heavy atom. The molecule has 0 radical (unpaired) electrons. The Kier molecular flexibility index (Phi) is 4.63. The zero-order valence-corrected chi connectivity index (χ0v) is 22.0. The monoisotopic (exact) mass is 526 g/mol. The lowest BCUT2D eigenvalue weighted by atomic mass is 9.75. The van der Waals surface area contributed by atoms with E-state index in [4.69, 9.17) is 4.98 Å². The minimum atomic E-state index is -1.13. The maximum atomic E-state index is 14.6. The second-order valence-corrected chi connectivity index (χ2v) is 11.4. The number of nitrogens with zero attached hydrogens (tertiary/aromatic N) is 3. The van der Waals surface area contributed by atoms with Gasteiger partial charge in [-0.25, -0.2) is 9.88 Å². The first-order valence-corrected chi connectivity index (χ1v) is 13.7. The highest BCUT2D eigenvalue weighted by molar-refractivity contribution is 6.23. The van der Waals surface area contributed by atoms with Crippen LogP contribution in [0, 0.1) is 17.8 Å². The Balaban J connectivity index is 1.40. The first-order chi connectivity index (χ1) is 19.4. The van der Waals surface area contributed by atoms with Gasteiger partial charge in [0.05, 0.1) is 34.1 Å². The summed E-state index contributed by atoms with van der Waals surface area (Å²) in [5, 5.41) is 6.26. The molecule has 1 aromatic heterocycles. The molecular formula is C33H26N4O3. The molecule has 8 rings (SSSR count). The number of hydrogen-bond donors (Lipinski definition) is 1. The van der Waals surface area contributed by atoms with Crippen LogP contribution in [0.25, 0.3) is 27.4 Å². The molecule has 2 fully saturated rings. The van der Waals surface area contributed by atoms with Crippen LogP contribution in [0.3, 0.4) is 0 Å². The lowest BCUT2D eigenvalue weighted by Gasteiger charge is -2.32. The predicted octanol–water partition coefficient (Wildman–Crippen LogP) is 4.53. The number of carbonyl (C=O) groups is 2. The largest absolute Gasteiger partial charge is 0.296 e. The van der Waals surface area contributed by atoms with Crippen LogP contribution in [0.5, 0.6) is 0 Å². The highest BCUT2D eigenvalue weighted by atomic mass is 16.2. The number of para-hydroxylation sites is 2. The molecule has 4 aromatic carbocycles. The van der Waals surface area contributed by atoms with Crippen LogP contribution >= 0.6 is 0 Å². The fourth-order valence-electron chi connectivity index (χ4n) is 7.29. The quantitative estimate of drug-likeness (QED) is 0.342. The molecule has 7 nitrogen and oxygen atoms in total. The van der Waals surface area contributed by atoms with Crippen molar-refractivity contribution in [2.24, 2.45) is 17.8 Å². The molecule has 0 unspecified atom stereocenters. The summed E-state index contributed by atoms with van der Waals surface area (Å²) in [6, 6.07) is 28.2. The van der Waals surface area contributed by atoms with Crippen LogP contribution in [0.1, 0.15) is 25.2 Å². The number of carbonyl (C=O) groups excluding carboxylic acids is 2. The molecule has 0 bridgehead atoms. The number of nitrogens with one attached hydrogen (secondary N) is 1. The second kappa shape index (κ2) is 7.96. The summed E-state index contributed by atoms with van der Waals surface area (Å²) in [5.41, 5.74) is 1.32. The molecule has 196 valence electrons. The van der Waals surface area contributed by atoms with Crippen LogP contribution < -0.4 is 15.8 Å². The topological polar surface area (TPSA) is 84.3 Å². The van der Waals surface area contributed by atoms with E-state index >= 15 is 0 Å². The van der Waals surface area contributed by atoms with Crippen molar-refractivity contribution in [2.45, 2.75) is 25.4 Å². The summed E-state index contributed by atoms with van der Waals surface area (Å²) in [7, 11) is 0. The third kappa shape index (κ3) is 2.77. The van der Waals surface area contributed by atoms with Gasteiger partial charge in [-0.15, -0.1) is 0 Å². The molecule has 4 heterocycles. The van der Waals surface area contributed by atoms with Gasteiger partial charge in [-0.2, -0.15) is 0 Å². The Morgan fingerprint density at radius 3 is 2.38 bits per heavy atom. The second-order valence-electron chi connectivity index (χ2n) is 11.4. The number of amides is 2. The van der Waals surface area contributed by atoms with Gasteiger partial charge < -0.3 is 0 Å². The third-order valence-electron chi connectivity index (χ3n) is 9.01. The molecule has 3 aliphatic rings. The molecule has 3 aliphatic heterocycles. The van der Waals surface area contributed by atoms with Crippen LogP contribution in [0.2, 0.25) is 0 Å². The van der Waals surface area contributed by atoms with Gasteiger partial charge in [0.2, 0.25) is 11.8 Å². The van der Waals surface area contributed by atoms with Crippen LogP contribution in [0.15, 0.2) is 95.8 Å². The zero-order chi connectivity index (χ0) is 27.3. The molecule has 5 aromatic rings. The fourth-order valence-corrected chi connectivity index (χ4v) is 7.29. The van der Waals surface area contributed by atoms with Crippen molar-refractivity contribution in [2.75, 3.05) is 4.90 Å². The summed E-state index contributed by atoms with van der Waals surface area (Å²) >= 11 is 0. The lowest BCUT2D eigenvalue weighted by Crippen LogP contribution is -2.51. The van der Waals surface area contributed by atoms with Gasteiger partial charge in [0.1, 0.15) is 11.4 Å². The Morgan fingerprint density at radius 1 is 0.825 bits per heavy atom. The average Bonchev–Trinajstić information content (AvgIpc) is 3.56. The van der Waals surface area contributed by atoms with E-state index in [2.05, 4.69) is 19.2 Å². The van der Waals surface area contributed by atoms with Crippen molar-refractivity contribution in [3.63, 3.8) is 0 Å². The van der Waals surface area contributed by atoms with Gasteiger partial charge in [0.15, 0.2) is 0 Å². The highest BCUT2D eigenvalue weighted by Gasteiger charge is 2.70. The van der Waals surface area contributed by atoms with Crippen LogP contribution in [-0.2, 0) is 15.1 Å². The standard InChI is InChI=1S/C33H26N4O3/c1-18(2)28-26-27(31(40)36(30(26)39)21-16-15-19-9-3-4-10-20(19)17-21)33(35-28)23-12-6-8-14-25(23)37-29(38)22-11-5-7-13-24(22)34-32(33)37/h3-18,26-28,35H,1-2H3/t26-,27-,28-,33+/m0/s1. The first-order valence-electron chi connectivity index (χ1n) is 13.7. The summed E-state index contributed by atoms with van der Waals surface area (Å²) in [5.74, 6) is -1.34. The number of imide groups is 1. The summed E-state index contributed by atoms with van der Waals surface area (Å²) in [6.45, 7) is 4.12. The normalized spacial score (nSPS) is 24.9. The van der Waals surface area contributed by atoms with E-state index in [0.717, 1.165) is 16.3 Å². The Labute approximate surface area is 230 Å². The van der Waals surface area contributed by atoms with Crippen molar-refractivity contribution in [3.05, 3.63) is 113 Å². The predicted molar refractivity (Wildman–Crippen MR) is 153 cm³/mol. The van der Waals surface area contributed by atoms with Crippen molar-refractivity contribution in [3.8, 4) is 5.69 Å². The summed E-state index contributed by atoms with van der Waals surface area (Å²) < 4.78 is 1.64. The highest BCUT2D eigenvalue weighted by Crippen LogP contribution is 2.56. The smallest absolute Gasteiger partial charge is 0.266 e. The van der Waals surface area contributed by atoms with Gasteiger partial charge in [0, 0.05) is 11.6 Å². The molecule has 2 saturated heterocycles. The van der Waals surface area contributed by atoms with Crippen molar-refractivity contribution >= 4 is 39.2 Å². The molecule has 40 heavy (non-hydrogen) atoms. The molecule has 1 N–H and O–H groups in total. The van der Waals surface area contributed by atoms with Gasteiger partial charge >= 0.3 is 0 Å². The molecule has 7 heteroatoms. The van der Waals surface area contributed by atoms with E-state index in [9.17, 15) is 14.4 Å². The van der Waals surface area contributed by atoms with Gasteiger partial charge in [0.25, 0.3) is 5.56 Å². The van der Waals surface area contributed by atoms with E-state index < -0.39 is 17.4 Å². The van der Waals surface area contributed by atoms with E-state index in [1.807, 2.05) is 84.9 Å². The summed E-state index contributed by atoms with van der Waals surface area (Å²) in [6.07, 6.45) is 0. The molecular weight excluding hydrogens is 500 g/mol. The Hall–Kier alpha value is -4.62. The van der Waals surface area contributed by atoms with Crippen LogP contribution in [0.4, 0.5) is 5.69 Å². The molecule has 1 spiro atoms. The zero-order valence-electron chi connectivity index (χ0n) is 22.0. The van der Waals surface area contributed by atoms with Crippen LogP contribution in [-0.4, -0.2) is 27.4 Å². The SMILES string of the molecule is CC(C)[C@@H]1N[C@]2(c3ccccc3-n3c2nc2ccccc2c3=O)[C@@H]2C(=O)N(c3ccc4ccccc4c3)C(=O)[C@@H]21. The van der Waals surface area contributed by atoms with Gasteiger partial charge in [-0.3, -0.25) is 24.3 Å². The van der Waals surface area contributed by atoms with Crippen molar-refractivity contribution in [1.29, 1.82) is 0 Å². The molecule has 0 saturated carbocycles. The lowest BCUT2D eigenvalue weighted by molar-refractivity contribution is -0.123. The van der Waals surface area contributed by atoms with E-state index in [-0.39, 0.29) is 29.3 Å². The first kappa shape index (κ1) is 23.3. The minimum absolute atomic E-state index is 0.0496. The molecule has 4 atom stereocenters. The number of aromatic nitrogens is 2. The number of hydrogen-bond acceptors (Lipinski definition) is 5. The minimum Gasteiger partial charge on any atom is -0.296 e. The van der Waals surface area contributed by atoms with E-state index in [1.54, 1.807) is 10.6 Å². The van der Waals surface area contributed by atoms with Gasteiger partial charge in [-0.1, -0.05) is 74.5 Å². The number of benzene rings is 4. The van der Waals surface area contributed by atoms with E-state index in [0.29, 0.717) is 28.1 Å². The number of fused-ring (bicyclic) bond motifs is 9. The number of rotatable bonds is 2. The number of anilines is 1. The maximum absolute atomic E-state index is 14.6. The summed E-state index contributed by atoms with van der Waals surface area (Å²) in [4.78, 5) is 49.2. The third-order valence-corrected chi connectivity index (χ3v) is 9.01. The maximum Gasteiger partial charge on any atom is 0.266 e. The molecule has 2 amide bonds. The average molecular weight is 527 g/mol. The van der Waals surface area contributed by atoms with E-state index in [1.165, 1.54) is 4.90 Å². The van der Waals surface area contributed by atoms with Crippen molar-refractivity contribution in [1.82, 2.24) is 14.9 Å². The van der Waals surface area contributed by atoms with Gasteiger partial charge in [-0.05, 0) is 47.0 Å². The van der Waals surface area contributed by atoms with Crippen molar-refractivity contribution < 1.29 is 9.59 Å². The Bertz CT molecular complexity index is 1980.